The molecule has 28 heavy (non-hydrogen) atoms. The van der Waals surface area contributed by atoms with E-state index in [0.717, 1.165) is 21.3 Å². The third-order valence-electron chi connectivity index (χ3n) is 4.18. The zero-order chi connectivity index (χ0) is 19.9. The van der Waals surface area contributed by atoms with Crippen molar-refractivity contribution in [2.24, 2.45) is 0 Å². The predicted molar refractivity (Wildman–Crippen MR) is 117 cm³/mol. The molecule has 3 aromatic rings. The van der Waals surface area contributed by atoms with Gasteiger partial charge < -0.3 is 19.5 Å². The summed E-state index contributed by atoms with van der Waals surface area (Å²) in [7, 11) is 3.23. The number of hydrogen-bond donors (Lipinski definition) is 1. The van der Waals surface area contributed by atoms with Crippen molar-refractivity contribution in [3.63, 3.8) is 0 Å². The van der Waals surface area contributed by atoms with E-state index in [9.17, 15) is 0 Å². The molecular formula is C22H21BrClNO3. The summed E-state index contributed by atoms with van der Waals surface area (Å²) in [5.74, 6) is 2.03. The van der Waals surface area contributed by atoms with E-state index in [4.69, 9.17) is 25.8 Å². The van der Waals surface area contributed by atoms with Gasteiger partial charge in [0.25, 0.3) is 0 Å². The van der Waals surface area contributed by atoms with Crippen LogP contribution in [0.5, 0.6) is 17.2 Å². The highest BCUT2D eigenvalue weighted by molar-refractivity contribution is 9.10. The van der Waals surface area contributed by atoms with Crippen LogP contribution in [0, 0.1) is 0 Å². The smallest absolute Gasteiger partial charge is 0.166 e. The number of halogens is 2. The van der Waals surface area contributed by atoms with Crippen molar-refractivity contribution in [2.75, 3.05) is 19.5 Å². The van der Waals surface area contributed by atoms with Crippen LogP contribution in [0.15, 0.2) is 65.1 Å². The molecule has 0 saturated carbocycles. The van der Waals surface area contributed by atoms with Gasteiger partial charge in [-0.25, -0.2) is 0 Å². The largest absolute Gasteiger partial charge is 0.495 e. The fraction of sp³-hybridized carbons (Fsp3) is 0.182. The van der Waals surface area contributed by atoms with Crippen LogP contribution in [0.25, 0.3) is 0 Å². The molecule has 146 valence electrons. The maximum Gasteiger partial charge on any atom is 0.166 e. The summed E-state index contributed by atoms with van der Waals surface area (Å²) < 4.78 is 17.8. The first kappa shape index (κ1) is 20.4. The minimum Gasteiger partial charge on any atom is -0.495 e. The molecule has 0 unspecified atom stereocenters. The van der Waals surface area contributed by atoms with E-state index < -0.39 is 0 Å². The molecular weight excluding hydrogens is 442 g/mol. The molecule has 0 aliphatic carbocycles. The summed E-state index contributed by atoms with van der Waals surface area (Å²) in [5.41, 5.74) is 2.95. The highest BCUT2D eigenvalue weighted by Crippen LogP contribution is 2.36. The van der Waals surface area contributed by atoms with Gasteiger partial charge in [-0.3, -0.25) is 0 Å². The van der Waals surface area contributed by atoms with Gasteiger partial charge in [-0.1, -0.05) is 57.9 Å². The Bertz CT molecular complexity index is 935. The van der Waals surface area contributed by atoms with Crippen LogP contribution in [0.2, 0.25) is 5.02 Å². The van der Waals surface area contributed by atoms with Crippen molar-refractivity contribution < 1.29 is 14.2 Å². The number of benzene rings is 3. The predicted octanol–water partition coefficient (Wildman–Crippen LogP) is 6.31. The van der Waals surface area contributed by atoms with Gasteiger partial charge in [-0.2, -0.15) is 0 Å². The molecule has 0 amide bonds. The van der Waals surface area contributed by atoms with E-state index >= 15 is 0 Å². The minimum atomic E-state index is 0.459. The van der Waals surface area contributed by atoms with Gasteiger partial charge >= 0.3 is 0 Å². The van der Waals surface area contributed by atoms with E-state index in [2.05, 4.69) is 21.2 Å². The zero-order valence-electron chi connectivity index (χ0n) is 15.7. The number of rotatable bonds is 8. The van der Waals surface area contributed by atoms with Crippen molar-refractivity contribution >= 4 is 33.2 Å². The Morgan fingerprint density at radius 1 is 0.929 bits per heavy atom. The number of methoxy groups -OCH3 is 2. The Morgan fingerprint density at radius 2 is 1.68 bits per heavy atom. The molecule has 0 aliphatic rings. The molecule has 0 spiro atoms. The van der Waals surface area contributed by atoms with Gasteiger partial charge in [-0.15, -0.1) is 0 Å². The molecule has 1 N–H and O–H groups in total. The van der Waals surface area contributed by atoms with Crippen molar-refractivity contribution in [2.45, 2.75) is 13.2 Å². The van der Waals surface area contributed by atoms with E-state index in [1.807, 2.05) is 60.7 Å². The summed E-state index contributed by atoms with van der Waals surface area (Å²) in [5, 5.41) is 3.93. The van der Waals surface area contributed by atoms with Crippen LogP contribution in [0.4, 0.5) is 5.69 Å². The van der Waals surface area contributed by atoms with Crippen molar-refractivity contribution in [3.05, 3.63) is 81.3 Å². The average Bonchev–Trinajstić information content (AvgIpc) is 2.71. The first-order chi connectivity index (χ1) is 13.6. The average molecular weight is 463 g/mol. The highest BCUT2D eigenvalue weighted by atomic mass is 79.9. The molecule has 0 atom stereocenters. The maximum atomic E-state index is 6.22. The van der Waals surface area contributed by atoms with E-state index in [-0.39, 0.29) is 0 Å². The number of ether oxygens (including phenoxy) is 3. The van der Waals surface area contributed by atoms with Crippen molar-refractivity contribution in [1.82, 2.24) is 0 Å². The van der Waals surface area contributed by atoms with Crippen LogP contribution in [-0.2, 0) is 13.2 Å². The Kier molecular flexibility index (Phi) is 7.06. The maximum absolute atomic E-state index is 6.22. The summed E-state index contributed by atoms with van der Waals surface area (Å²) in [6.07, 6.45) is 0. The van der Waals surface area contributed by atoms with Gasteiger partial charge in [0.15, 0.2) is 11.5 Å². The molecule has 6 heteroatoms. The van der Waals surface area contributed by atoms with Crippen molar-refractivity contribution in [1.29, 1.82) is 0 Å². The van der Waals surface area contributed by atoms with Gasteiger partial charge in [-0.05, 0) is 35.9 Å². The van der Waals surface area contributed by atoms with Crippen LogP contribution in [0.1, 0.15) is 11.1 Å². The fourth-order valence-electron chi connectivity index (χ4n) is 2.77. The molecule has 0 heterocycles. The first-order valence-corrected chi connectivity index (χ1v) is 9.88. The van der Waals surface area contributed by atoms with E-state index in [1.54, 1.807) is 14.2 Å². The standard InChI is InChI=1S/C22H21BrClNO3/c1-26-20-9-8-18(12-19(20)24)25-13-16-10-17(23)11-21(27-2)22(16)28-14-15-6-4-3-5-7-15/h3-12,25H,13-14H2,1-2H3. The van der Waals surface area contributed by atoms with Gasteiger partial charge in [0.2, 0.25) is 0 Å². The molecule has 0 radical (unpaired) electrons. The summed E-state index contributed by atoms with van der Waals surface area (Å²) >= 11 is 9.76. The van der Waals surface area contributed by atoms with Gasteiger partial charge in [0, 0.05) is 22.3 Å². The second-order valence-corrected chi connectivity index (χ2v) is 7.40. The Hall–Kier alpha value is -2.37. The summed E-state index contributed by atoms with van der Waals surface area (Å²) in [6, 6.07) is 19.5. The van der Waals surface area contributed by atoms with E-state index in [1.165, 1.54) is 0 Å². The Labute approximate surface area is 178 Å². The fourth-order valence-corrected chi connectivity index (χ4v) is 3.51. The number of nitrogens with one attached hydrogen (secondary N) is 1. The van der Waals surface area contributed by atoms with Crippen LogP contribution < -0.4 is 19.5 Å². The van der Waals surface area contributed by atoms with Gasteiger partial charge in [0.1, 0.15) is 12.4 Å². The lowest BCUT2D eigenvalue weighted by molar-refractivity contribution is 0.281. The Morgan fingerprint density at radius 3 is 2.36 bits per heavy atom. The molecule has 0 saturated heterocycles. The molecule has 0 fully saturated rings. The normalized spacial score (nSPS) is 10.4. The molecule has 3 aromatic carbocycles. The van der Waals surface area contributed by atoms with Gasteiger partial charge in [0.05, 0.1) is 19.2 Å². The van der Waals surface area contributed by atoms with E-state index in [0.29, 0.717) is 35.4 Å². The third-order valence-corrected chi connectivity index (χ3v) is 4.93. The van der Waals surface area contributed by atoms with Crippen LogP contribution in [-0.4, -0.2) is 14.2 Å². The quantitative estimate of drug-likeness (QED) is 0.426. The Balaban J connectivity index is 1.80. The lowest BCUT2D eigenvalue weighted by atomic mass is 10.1. The number of anilines is 1. The first-order valence-electron chi connectivity index (χ1n) is 8.71. The second-order valence-electron chi connectivity index (χ2n) is 6.07. The van der Waals surface area contributed by atoms with Crippen LogP contribution in [0.3, 0.4) is 0 Å². The van der Waals surface area contributed by atoms with Crippen molar-refractivity contribution in [3.8, 4) is 17.2 Å². The third kappa shape index (κ3) is 5.12. The zero-order valence-corrected chi connectivity index (χ0v) is 18.0. The monoisotopic (exact) mass is 461 g/mol. The SMILES string of the molecule is COc1ccc(NCc2cc(Br)cc(OC)c2OCc2ccccc2)cc1Cl. The van der Waals surface area contributed by atoms with Crippen LogP contribution >= 0.6 is 27.5 Å². The summed E-state index contributed by atoms with van der Waals surface area (Å²) in [6.45, 7) is 1.00. The molecule has 4 nitrogen and oxygen atoms in total. The topological polar surface area (TPSA) is 39.7 Å². The number of hydrogen-bond acceptors (Lipinski definition) is 4. The second kappa shape index (κ2) is 9.71. The molecule has 0 aromatic heterocycles. The molecule has 0 bridgehead atoms. The minimum absolute atomic E-state index is 0.459. The highest BCUT2D eigenvalue weighted by Gasteiger charge is 2.13. The molecule has 3 rings (SSSR count). The summed E-state index contributed by atoms with van der Waals surface area (Å²) in [4.78, 5) is 0. The molecule has 0 aliphatic heterocycles. The lowest BCUT2D eigenvalue weighted by Gasteiger charge is -2.17. The lowest BCUT2D eigenvalue weighted by Crippen LogP contribution is -2.05.